The molecule has 0 aliphatic carbocycles. The monoisotopic (exact) mass is 651 g/mol. The van der Waals surface area contributed by atoms with Gasteiger partial charge in [0.15, 0.2) is 5.65 Å². The molecule has 1 saturated heterocycles. The molecule has 0 bridgehead atoms. The van der Waals surface area contributed by atoms with E-state index in [1.54, 1.807) is 17.7 Å². The van der Waals surface area contributed by atoms with E-state index in [-0.39, 0.29) is 44.0 Å². The number of nitrogens with two attached hydrogens (primary N) is 1. The summed E-state index contributed by atoms with van der Waals surface area (Å²) in [5.74, 6) is -1.77. The fourth-order valence-electron chi connectivity index (χ4n) is 5.31. The predicted molar refractivity (Wildman–Crippen MR) is 175 cm³/mol. The van der Waals surface area contributed by atoms with Crippen LogP contribution in [0, 0.1) is 5.82 Å². The smallest absolute Gasteiger partial charge is 0.339 e. The minimum Gasteiger partial charge on any atom is -0.462 e. The molecular weight excluding hydrogens is 613 g/mol. The zero-order chi connectivity index (χ0) is 33.4. The van der Waals surface area contributed by atoms with Crippen molar-refractivity contribution in [3.63, 3.8) is 0 Å². The topological polar surface area (TPSA) is 153 Å². The van der Waals surface area contributed by atoms with Gasteiger partial charge in [-0.2, -0.15) is 17.8 Å². The minimum absolute atomic E-state index is 0.0678. The number of benzene rings is 2. The number of amides is 1. The number of anilines is 2. The van der Waals surface area contributed by atoms with Crippen LogP contribution in [-0.4, -0.2) is 72.1 Å². The van der Waals surface area contributed by atoms with Crippen molar-refractivity contribution in [2.24, 2.45) is 5.73 Å². The molecule has 0 spiro atoms. The lowest BCUT2D eigenvalue weighted by Crippen LogP contribution is -2.50. The summed E-state index contributed by atoms with van der Waals surface area (Å²) in [6, 6.07) is 13.0. The van der Waals surface area contributed by atoms with Gasteiger partial charge >= 0.3 is 16.2 Å². The number of piperazine rings is 1. The molecule has 2 aromatic carbocycles. The molecule has 46 heavy (non-hydrogen) atoms. The van der Waals surface area contributed by atoms with E-state index in [0.29, 0.717) is 28.1 Å². The lowest BCUT2D eigenvalue weighted by atomic mass is 10.0. The van der Waals surface area contributed by atoms with Crippen LogP contribution in [0.15, 0.2) is 48.5 Å². The Morgan fingerprint density at radius 1 is 1.02 bits per heavy atom. The summed E-state index contributed by atoms with van der Waals surface area (Å²) in [5.41, 5.74) is 7.79. The van der Waals surface area contributed by atoms with E-state index in [1.807, 2.05) is 49.9 Å². The third-order valence-corrected chi connectivity index (χ3v) is 9.31. The first-order valence-electron chi connectivity index (χ1n) is 15.1. The van der Waals surface area contributed by atoms with Gasteiger partial charge in [0.1, 0.15) is 17.3 Å². The Hall–Kier alpha value is -4.56. The Kier molecular flexibility index (Phi) is 9.05. The first kappa shape index (κ1) is 32.8. The molecule has 4 aromatic rings. The van der Waals surface area contributed by atoms with E-state index in [4.69, 9.17) is 20.6 Å². The third kappa shape index (κ3) is 6.53. The molecule has 0 atom stereocenters. The maximum atomic E-state index is 14.5. The van der Waals surface area contributed by atoms with Gasteiger partial charge in [-0.05, 0) is 63.9 Å². The molecule has 14 heteroatoms. The summed E-state index contributed by atoms with van der Waals surface area (Å²) in [6.07, 6.45) is 0.891. The number of aryl methyl sites for hydroxylation is 1. The van der Waals surface area contributed by atoms with Gasteiger partial charge in [-0.3, -0.25) is 9.52 Å². The zero-order valence-electron chi connectivity index (χ0n) is 26.5. The molecule has 1 aliphatic rings. The first-order chi connectivity index (χ1) is 21.7. The number of primary amides is 1. The Morgan fingerprint density at radius 3 is 2.26 bits per heavy atom. The van der Waals surface area contributed by atoms with Gasteiger partial charge in [0.2, 0.25) is 5.91 Å². The van der Waals surface area contributed by atoms with Crippen LogP contribution in [0.5, 0.6) is 0 Å². The van der Waals surface area contributed by atoms with Crippen LogP contribution in [0.2, 0.25) is 0 Å². The molecule has 1 aliphatic heterocycles. The van der Waals surface area contributed by atoms with Gasteiger partial charge in [-0.25, -0.2) is 18.9 Å². The zero-order valence-corrected chi connectivity index (χ0v) is 27.3. The van der Waals surface area contributed by atoms with Crippen molar-refractivity contribution in [2.45, 2.75) is 46.6 Å². The van der Waals surface area contributed by atoms with Gasteiger partial charge in [0, 0.05) is 37.3 Å². The highest BCUT2D eigenvalue weighted by Gasteiger charge is 2.32. The molecule has 5 rings (SSSR count). The molecule has 0 saturated carbocycles. The highest BCUT2D eigenvalue weighted by molar-refractivity contribution is 7.90. The second-order valence-corrected chi connectivity index (χ2v) is 13.7. The van der Waals surface area contributed by atoms with Crippen LogP contribution in [0.25, 0.3) is 22.3 Å². The summed E-state index contributed by atoms with van der Waals surface area (Å²) in [7, 11) is -4.13. The van der Waals surface area contributed by atoms with E-state index in [2.05, 4.69) is 11.6 Å². The van der Waals surface area contributed by atoms with Crippen molar-refractivity contribution in [1.29, 1.82) is 0 Å². The van der Waals surface area contributed by atoms with E-state index < -0.39 is 33.4 Å². The average Bonchev–Trinajstić information content (AvgIpc) is 3.42. The number of fused-ring (bicyclic) bond motifs is 1. The number of carbonyl (C=O) groups excluding carboxylic acids is 2. The molecule has 1 amide bonds. The molecule has 3 heterocycles. The lowest BCUT2D eigenvalue weighted by Gasteiger charge is -2.35. The van der Waals surface area contributed by atoms with E-state index in [0.717, 1.165) is 24.1 Å². The summed E-state index contributed by atoms with van der Waals surface area (Å²) >= 11 is 0. The summed E-state index contributed by atoms with van der Waals surface area (Å²) in [5, 5.41) is 5.54. The molecule has 2 aromatic heterocycles. The molecule has 0 unspecified atom stereocenters. The number of rotatable bonds is 9. The molecule has 12 nitrogen and oxygen atoms in total. The molecule has 1 fully saturated rings. The summed E-state index contributed by atoms with van der Waals surface area (Å²) in [4.78, 5) is 31.6. The largest absolute Gasteiger partial charge is 0.462 e. The van der Waals surface area contributed by atoms with Crippen LogP contribution in [0.3, 0.4) is 0 Å². The molecule has 244 valence electrons. The maximum Gasteiger partial charge on any atom is 0.339 e. The quantitative estimate of drug-likeness (QED) is 0.254. The van der Waals surface area contributed by atoms with Crippen LogP contribution in [0.4, 0.5) is 15.9 Å². The van der Waals surface area contributed by atoms with E-state index in [9.17, 15) is 22.4 Å². The van der Waals surface area contributed by atoms with Gasteiger partial charge in [0.05, 0.1) is 28.8 Å². The fourth-order valence-corrected chi connectivity index (χ4v) is 6.53. The van der Waals surface area contributed by atoms with Gasteiger partial charge < -0.3 is 15.4 Å². The lowest BCUT2D eigenvalue weighted by molar-refractivity contribution is 0.0528. The van der Waals surface area contributed by atoms with Crippen molar-refractivity contribution < 1.29 is 27.1 Å². The standard InChI is InChI=1S/C32H38FN7O5S/c1-6-20-8-10-21(11-9-20)28-27-23(31(42)45-7-2)19-26(35-30(27)40(36-28)32(3,4)5)38-14-16-39(17-15-38)46(43,44)37-25-13-12-22(29(34)41)18-24(25)33/h8-13,18-19,37H,6-7,14-17H2,1-5H3,(H2,34,41). The number of ether oxygens (including phenoxy) is 1. The van der Waals surface area contributed by atoms with Crippen LogP contribution in [-0.2, 0) is 26.9 Å². The van der Waals surface area contributed by atoms with Crippen LogP contribution < -0.4 is 15.4 Å². The normalized spacial score (nSPS) is 14.4. The number of halogens is 1. The Balaban J connectivity index is 1.48. The first-order valence-corrected chi connectivity index (χ1v) is 16.5. The van der Waals surface area contributed by atoms with Crippen LogP contribution in [0.1, 0.15) is 60.9 Å². The highest BCUT2D eigenvalue weighted by atomic mass is 32.2. The molecule has 0 radical (unpaired) electrons. The van der Waals surface area contributed by atoms with Gasteiger partial charge in [0.25, 0.3) is 0 Å². The van der Waals surface area contributed by atoms with Crippen molar-refractivity contribution in [3.8, 4) is 11.3 Å². The second-order valence-electron chi connectivity index (χ2n) is 12.0. The van der Waals surface area contributed by atoms with E-state index in [1.165, 1.54) is 15.9 Å². The number of esters is 1. The van der Waals surface area contributed by atoms with Crippen molar-refractivity contribution in [3.05, 3.63) is 71.0 Å². The van der Waals surface area contributed by atoms with Crippen molar-refractivity contribution in [1.82, 2.24) is 19.1 Å². The average molecular weight is 652 g/mol. The van der Waals surface area contributed by atoms with Gasteiger partial charge in [-0.1, -0.05) is 31.2 Å². The Morgan fingerprint density at radius 2 is 1.70 bits per heavy atom. The third-order valence-electron chi connectivity index (χ3n) is 7.79. The number of nitrogens with one attached hydrogen (secondary N) is 1. The number of nitrogens with zero attached hydrogens (tertiary/aromatic N) is 5. The Bertz CT molecular complexity index is 1890. The van der Waals surface area contributed by atoms with Gasteiger partial charge in [-0.15, -0.1) is 0 Å². The number of hydrogen-bond acceptors (Lipinski definition) is 8. The maximum absolute atomic E-state index is 14.5. The SMILES string of the molecule is CCOC(=O)c1cc(N2CCN(S(=O)(=O)Nc3ccc(C(N)=O)cc3F)CC2)nc2c1c(-c1ccc(CC)cc1)nn2C(C)(C)C. The number of carbonyl (C=O) groups is 2. The number of aromatic nitrogens is 3. The summed E-state index contributed by atoms with van der Waals surface area (Å²) in [6.45, 7) is 10.7. The summed E-state index contributed by atoms with van der Waals surface area (Å²) < 4.78 is 51.5. The fraction of sp³-hybridized carbons (Fsp3) is 0.375. The second kappa shape index (κ2) is 12.7. The predicted octanol–water partition coefficient (Wildman–Crippen LogP) is 4.31. The minimum atomic E-state index is -4.13. The number of pyridine rings is 1. The Labute approximate surface area is 267 Å². The van der Waals surface area contributed by atoms with E-state index >= 15 is 0 Å². The van der Waals surface area contributed by atoms with Crippen molar-refractivity contribution >= 4 is 44.6 Å². The highest BCUT2D eigenvalue weighted by Crippen LogP contribution is 2.36. The van der Waals surface area contributed by atoms with Crippen molar-refractivity contribution in [2.75, 3.05) is 42.4 Å². The molecule has 3 N–H and O–H groups in total. The van der Waals surface area contributed by atoms with Crippen LogP contribution >= 0.6 is 0 Å². The number of hydrogen-bond donors (Lipinski definition) is 2. The molecular formula is C32H38FN7O5S.